The van der Waals surface area contributed by atoms with Crippen molar-refractivity contribution in [3.05, 3.63) is 88.5 Å². The molecule has 0 saturated heterocycles. The van der Waals surface area contributed by atoms with Gasteiger partial charge in [0.05, 0.1) is 0 Å². The predicted octanol–water partition coefficient (Wildman–Crippen LogP) is 3.08. The molecule has 0 fully saturated rings. The van der Waals surface area contributed by atoms with E-state index in [0.29, 0.717) is 16.7 Å². The number of aromatic amines is 1. The molecule has 0 unspecified atom stereocenters. The number of hydrogen-bond acceptors (Lipinski definition) is 7. The van der Waals surface area contributed by atoms with Crippen LogP contribution in [0.3, 0.4) is 0 Å². The van der Waals surface area contributed by atoms with Crippen molar-refractivity contribution in [2.75, 3.05) is 5.32 Å². The van der Waals surface area contributed by atoms with E-state index in [1.165, 1.54) is 30.3 Å². The number of aromatic nitrogens is 5. The molecule has 5 rings (SSSR count). The van der Waals surface area contributed by atoms with Crippen molar-refractivity contribution < 1.29 is 31.9 Å². The standard InChI is InChI=1S/C25H18F4N8O3/c1-11-6-12(2-5-15(11)26)9-30-21(38)17-8-18(32-10-31-17)22(39)34-19-14-4-3-13(7-16(14)33-23(19)40)20-35-24(37-36-20)25(27,28)29/h2-8,10,19H,9H2,1H3,(H,30,38)(H,33,40)(H,34,39)(H,35,36,37)/t19-/m1/s1. The number of carbonyl (C=O) groups is 3. The van der Waals surface area contributed by atoms with Gasteiger partial charge in [0.25, 0.3) is 17.7 Å². The normalized spacial score (nSPS) is 14.4. The largest absolute Gasteiger partial charge is 0.451 e. The maximum absolute atomic E-state index is 13.5. The third kappa shape index (κ3) is 5.34. The Morgan fingerprint density at radius 2 is 1.77 bits per heavy atom. The second kappa shape index (κ2) is 10.2. The van der Waals surface area contributed by atoms with Crippen LogP contribution in [0.2, 0.25) is 0 Å². The first-order valence-corrected chi connectivity index (χ1v) is 11.6. The van der Waals surface area contributed by atoms with Crippen LogP contribution < -0.4 is 16.0 Å². The van der Waals surface area contributed by atoms with Crippen molar-refractivity contribution in [3.63, 3.8) is 0 Å². The van der Waals surface area contributed by atoms with Gasteiger partial charge in [-0.15, -0.1) is 0 Å². The van der Waals surface area contributed by atoms with Crippen molar-refractivity contribution in [1.29, 1.82) is 0 Å². The number of anilines is 1. The average molecular weight is 554 g/mol. The summed E-state index contributed by atoms with van der Waals surface area (Å²) < 4.78 is 51.9. The van der Waals surface area contributed by atoms with E-state index < -0.39 is 35.8 Å². The molecule has 40 heavy (non-hydrogen) atoms. The highest BCUT2D eigenvalue weighted by Gasteiger charge is 2.36. The molecule has 2 aromatic carbocycles. The minimum Gasteiger partial charge on any atom is -0.347 e. The average Bonchev–Trinajstić information content (AvgIpc) is 3.54. The number of amides is 3. The summed E-state index contributed by atoms with van der Waals surface area (Å²) in [5.41, 5.74) is 1.62. The van der Waals surface area contributed by atoms with Gasteiger partial charge in [-0.25, -0.2) is 19.3 Å². The fraction of sp³-hybridized carbons (Fsp3) is 0.160. The summed E-state index contributed by atoms with van der Waals surface area (Å²) in [5, 5.41) is 13.1. The fourth-order valence-electron chi connectivity index (χ4n) is 3.96. The monoisotopic (exact) mass is 554 g/mol. The number of benzene rings is 2. The van der Waals surface area contributed by atoms with Gasteiger partial charge in [-0.3, -0.25) is 19.5 Å². The van der Waals surface area contributed by atoms with Gasteiger partial charge in [0.1, 0.15) is 29.6 Å². The molecule has 1 aliphatic heterocycles. The van der Waals surface area contributed by atoms with Gasteiger partial charge in [-0.2, -0.15) is 18.3 Å². The molecular weight excluding hydrogens is 536 g/mol. The lowest BCUT2D eigenvalue weighted by Crippen LogP contribution is -2.33. The van der Waals surface area contributed by atoms with E-state index in [9.17, 15) is 31.9 Å². The SMILES string of the molecule is Cc1cc(CNC(=O)c2cc(C(=O)N[C@H]3C(=O)Nc4cc(-c5n[nH]c(C(F)(F)F)n5)ccc43)ncn2)ccc1F. The zero-order chi connectivity index (χ0) is 28.6. The van der Waals surface area contributed by atoms with Crippen molar-refractivity contribution in [2.24, 2.45) is 0 Å². The van der Waals surface area contributed by atoms with E-state index in [0.717, 1.165) is 12.4 Å². The van der Waals surface area contributed by atoms with Gasteiger partial charge >= 0.3 is 6.18 Å². The Bertz CT molecular complexity index is 1650. The molecule has 0 radical (unpaired) electrons. The maximum Gasteiger partial charge on any atom is 0.451 e. The number of alkyl halides is 3. The summed E-state index contributed by atoms with van der Waals surface area (Å²) in [7, 11) is 0. The van der Waals surface area contributed by atoms with Gasteiger partial charge in [0.2, 0.25) is 5.82 Å². The van der Waals surface area contributed by atoms with Crippen LogP contribution in [0.5, 0.6) is 0 Å². The lowest BCUT2D eigenvalue weighted by atomic mass is 10.0. The maximum atomic E-state index is 13.5. The molecule has 4 N–H and O–H groups in total. The van der Waals surface area contributed by atoms with E-state index in [1.807, 2.05) is 5.10 Å². The van der Waals surface area contributed by atoms with Gasteiger partial charge in [0, 0.05) is 29.4 Å². The molecule has 3 heterocycles. The Morgan fingerprint density at radius 1 is 1.02 bits per heavy atom. The summed E-state index contributed by atoms with van der Waals surface area (Å²) in [4.78, 5) is 49.2. The zero-order valence-electron chi connectivity index (χ0n) is 20.4. The minimum absolute atomic E-state index is 0.0951. The molecule has 2 aromatic heterocycles. The Morgan fingerprint density at radius 3 is 2.48 bits per heavy atom. The fourth-order valence-corrected chi connectivity index (χ4v) is 3.96. The molecule has 0 aliphatic carbocycles. The van der Waals surface area contributed by atoms with Crippen molar-refractivity contribution in [3.8, 4) is 11.4 Å². The van der Waals surface area contributed by atoms with Crippen LogP contribution in [0, 0.1) is 12.7 Å². The number of fused-ring (bicyclic) bond motifs is 1. The van der Waals surface area contributed by atoms with Crippen molar-refractivity contribution in [1.82, 2.24) is 35.8 Å². The summed E-state index contributed by atoms with van der Waals surface area (Å²) in [6, 6.07) is 8.68. The molecule has 3 amide bonds. The topological polar surface area (TPSA) is 155 Å². The summed E-state index contributed by atoms with van der Waals surface area (Å²) in [6.45, 7) is 1.69. The quantitative estimate of drug-likeness (QED) is 0.267. The van der Waals surface area contributed by atoms with Gasteiger partial charge in [0.15, 0.2) is 5.82 Å². The van der Waals surface area contributed by atoms with E-state index in [-0.39, 0.29) is 40.8 Å². The summed E-state index contributed by atoms with van der Waals surface area (Å²) in [6.07, 6.45) is -3.68. The third-order valence-electron chi connectivity index (χ3n) is 5.98. The van der Waals surface area contributed by atoms with Crippen LogP contribution in [0.1, 0.15) is 49.5 Å². The van der Waals surface area contributed by atoms with E-state index in [1.54, 1.807) is 13.0 Å². The summed E-state index contributed by atoms with van der Waals surface area (Å²) >= 11 is 0. The number of rotatable bonds is 6. The number of H-pyrrole nitrogens is 1. The smallest absolute Gasteiger partial charge is 0.347 e. The molecule has 1 atom stereocenters. The third-order valence-corrected chi connectivity index (χ3v) is 5.98. The lowest BCUT2D eigenvalue weighted by molar-refractivity contribution is -0.144. The number of carbonyl (C=O) groups excluding carboxylic acids is 3. The predicted molar refractivity (Wildman–Crippen MR) is 130 cm³/mol. The number of hydrogen-bond donors (Lipinski definition) is 4. The Hall–Kier alpha value is -5.21. The number of aryl methyl sites for hydroxylation is 1. The first kappa shape index (κ1) is 26.4. The van der Waals surface area contributed by atoms with Crippen LogP contribution in [0.25, 0.3) is 11.4 Å². The second-order valence-electron chi connectivity index (χ2n) is 8.76. The molecule has 15 heteroatoms. The number of nitrogens with zero attached hydrogens (tertiary/aromatic N) is 4. The van der Waals surface area contributed by atoms with Crippen LogP contribution >= 0.6 is 0 Å². The van der Waals surface area contributed by atoms with Crippen LogP contribution in [-0.2, 0) is 17.5 Å². The van der Waals surface area contributed by atoms with Crippen LogP contribution in [0.4, 0.5) is 23.2 Å². The zero-order valence-corrected chi connectivity index (χ0v) is 20.4. The Labute approximate surface area is 222 Å². The van der Waals surface area contributed by atoms with Crippen LogP contribution in [-0.4, -0.2) is 42.9 Å². The van der Waals surface area contributed by atoms with Gasteiger partial charge in [-0.1, -0.05) is 24.3 Å². The first-order valence-electron chi connectivity index (χ1n) is 11.6. The minimum atomic E-state index is -4.70. The van der Waals surface area contributed by atoms with Crippen molar-refractivity contribution in [2.45, 2.75) is 25.7 Å². The van der Waals surface area contributed by atoms with Gasteiger partial charge in [-0.05, 0) is 30.2 Å². The van der Waals surface area contributed by atoms with Crippen LogP contribution in [0.15, 0.2) is 48.8 Å². The molecule has 0 saturated carbocycles. The highest BCUT2D eigenvalue weighted by molar-refractivity contribution is 6.06. The first-order chi connectivity index (χ1) is 19.0. The molecule has 1 aliphatic rings. The van der Waals surface area contributed by atoms with Crippen molar-refractivity contribution >= 4 is 23.4 Å². The lowest BCUT2D eigenvalue weighted by Gasteiger charge is -2.12. The highest BCUT2D eigenvalue weighted by Crippen LogP contribution is 2.35. The highest BCUT2D eigenvalue weighted by atomic mass is 19.4. The molecular formula is C25H18F4N8O3. The molecule has 11 nitrogen and oxygen atoms in total. The Kier molecular flexibility index (Phi) is 6.71. The molecule has 204 valence electrons. The summed E-state index contributed by atoms with van der Waals surface area (Å²) in [5.74, 6) is -3.82. The number of nitrogens with one attached hydrogen (secondary N) is 4. The second-order valence-corrected chi connectivity index (χ2v) is 8.76. The van der Waals surface area contributed by atoms with Gasteiger partial charge < -0.3 is 16.0 Å². The number of halogens is 4. The van der Waals surface area contributed by atoms with E-state index in [4.69, 9.17) is 0 Å². The molecule has 0 spiro atoms. The van der Waals surface area contributed by atoms with E-state index in [2.05, 4.69) is 36.0 Å². The van der Waals surface area contributed by atoms with E-state index >= 15 is 0 Å². The molecule has 0 bridgehead atoms. The Balaban J connectivity index is 1.27. The molecule has 4 aromatic rings.